The molecule has 2 rings (SSSR count). The van der Waals surface area contributed by atoms with Crippen molar-refractivity contribution >= 4 is 46.3 Å². The van der Waals surface area contributed by atoms with E-state index in [0.29, 0.717) is 38.6 Å². The lowest BCUT2D eigenvalue weighted by Crippen LogP contribution is -2.30. The van der Waals surface area contributed by atoms with Crippen molar-refractivity contribution in [3.05, 3.63) is 22.6 Å². The largest absolute Gasteiger partial charge is 0.493 e. The molecule has 0 saturated carbocycles. The summed E-state index contributed by atoms with van der Waals surface area (Å²) in [6.07, 6.45) is 2.56. The standard InChI is InChI=1S/C19H23NO6S2/c1-5-8-26-16(21)6-7-20-18(22)15(28-19(20)27)11-12-9-13(23-2)17(25-4)14(10-12)24-3/h9-11H,5-8H2,1-4H3. The first-order valence-corrected chi connectivity index (χ1v) is 9.88. The fourth-order valence-electron chi connectivity index (χ4n) is 2.52. The third kappa shape index (κ3) is 5.17. The average molecular weight is 426 g/mol. The van der Waals surface area contributed by atoms with Crippen molar-refractivity contribution in [1.82, 2.24) is 4.90 Å². The third-order valence-corrected chi connectivity index (χ3v) is 5.24. The van der Waals surface area contributed by atoms with Crippen LogP contribution in [-0.4, -0.2) is 55.6 Å². The maximum absolute atomic E-state index is 12.7. The van der Waals surface area contributed by atoms with E-state index in [9.17, 15) is 9.59 Å². The lowest BCUT2D eigenvalue weighted by molar-refractivity contribution is -0.143. The molecular weight excluding hydrogens is 402 g/mol. The van der Waals surface area contributed by atoms with Crippen molar-refractivity contribution in [3.8, 4) is 17.2 Å². The Morgan fingerprint density at radius 1 is 1.18 bits per heavy atom. The first-order valence-electron chi connectivity index (χ1n) is 8.66. The van der Waals surface area contributed by atoms with E-state index in [1.807, 2.05) is 6.92 Å². The van der Waals surface area contributed by atoms with Crippen LogP contribution in [0, 0.1) is 0 Å². The fourth-order valence-corrected chi connectivity index (χ4v) is 3.83. The smallest absolute Gasteiger partial charge is 0.307 e. The molecule has 0 N–H and O–H groups in total. The second-order valence-electron chi connectivity index (χ2n) is 5.76. The Bertz CT molecular complexity index is 768. The molecule has 0 aromatic heterocycles. The van der Waals surface area contributed by atoms with Gasteiger partial charge in [0.15, 0.2) is 11.5 Å². The third-order valence-electron chi connectivity index (χ3n) is 3.87. The van der Waals surface area contributed by atoms with Crippen molar-refractivity contribution in [2.75, 3.05) is 34.5 Å². The molecule has 1 aromatic rings. The van der Waals surface area contributed by atoms with Crippen LogP contribution in [0.2, 0.25) is 0 Å². The molecule has 1 aliphatic heterocycles. The molecule has 0 radical (unpaired) electrons. The highest BCUT2D eigenvalue weighted by molar-refractivity contribution is 8.26. The first-order chi connectivity index (χ1) is 13.4. The number of hydrogen-bond donors (Lipinski definition) is 0. The van der Waals surface area contributed by atoms with Gasteiger partial charge >= 0.3 is 5.97 Å². The van der Waals surface area contributed by atoms with Crippen molar-refractivity contribution in [3.63, 3.8) is 0 Å². The fraction of sp³-hybridized carbons (Fsp3) is 0.421. The molecule has 0 unspecified atom stereocenters. The van der Waals surface area contributed by atoms with E-state index in [4.69, 9.17) is 31.2 Å². The molecule has 0 atom stereocenters. The monoisotopic (exact) mass is 425 g/mol. The van der Waals surface area contributed by atoms with Gasteiger partial charge in [0.05, 0.1) is 39.3 Å². The predicted octanol–water partition coefficient (Wildman–Crippen LogP) is 3.26. The van der Waals surface area contributed by atoms with Crippen molar-refractivity contribution in [2.24, 2.45) is 0 Å². The Labute approximate surface area is 173 Å². The van der Waals surface area contributed by atoms with Gasteiger partial charge in [-0.25, -0.2) is 0 Å². The number of ether oxygens (including phenoxy) is 4. The van der Waals surface area contributed by atoms with E-state index in [0.717, 1.165) is 6.42 Å². The lowest BCUT2D eigenvalue weighted by Gasteiger charge is -2.14. The van der Waals surface area contributed by atoms with Gasteiger partial charge in [-0.15, -0.1) is 0 Å². The number of esters is 1. The Hall–Kier alpha value is -2.26. The van der Waals surface area contributed by atoms with Gasteiger partial charge in [0.25, 0.3) is 5.91 Å². The van der Waals surface area contributed by atoms with Crippen LogP contribution < -0.4 is 14.2 Å². The lowest BCUT2D eigenvalue weighted by atomic mass is 10.1. The van der Waals surface area contributed by atoms with Gasteiger partial charge < -0.3 is 18.9 Å². The summed E-state index contributed by atoms with van der Waals surface area (Å²) in [5, 5.41) is 0. The summed E-state index contributed by atoms with van der Waals surface area (Å²) < 4.78 is 21.4. The van der Waals surface area contributed by atoms with Crippen LogP contribution >= 0.6 is 24.0 Å². The Morgan fingerprint density at radius 2 is 1.82 bits per heavy atom. The number of carbonyl (C=O) groups excluding carboxylic acids is 2. The Balaban J connectivity index is 2.18. The number of benzene rings is 1. The zero-order valence-electron chi connectivity index (χ0n) is 16.3. The molecule has 1 amide bonds. The minimum atomic E-state index is -0.343. The van der Waals surface area contributed by atoms with Crippen LogP contribution in [0.4, 0.5) is 0 Å². The van der Waals surface area contributed by atoms with Crippen LogP contribution in [0.5, 0.6) is 17.2 Å². The minimum absolute atomic E-state index is 0.101. The van der Waals surface area contributed by atoms with Gasteiger partial charge in [-0.2, -0.15) is 0 Å². The number of amides is 1. The van der Waals surface area contributed by atoms with E-state index in [1.165, 1.54) is 38.0 Å². The van der Waals surface area contributed by atoms with E-state index < -0.39 is 0 Å². The second kappa shape index (κ2) is 10.3. The number of thioether (sulfide) groups is 1. The van der Waals surface area contributed by atoms with Crippen molar-refractivity contribution in [2.45, 2.75) is 19.8 Å². The highest BCUT2D eigenvalue weighted by atomic mass is 32.2. The SMILES string of the molecule is CCCOC(=O)CCN1C(=O)C(=Cc2cc(OC)c(OC)c(OC)c2)SC1=S. The molecule has 1 aromatic carbocycles. The molecule has 1 aliphatic rings. The number of rotatable bonds is 9. The van der Waals surface area contributed by atoms with Crippen LogP contribution in [0.15, 0.2) is 17.0 Å². The van der Waals surface area contributed by atoms with Gasteiger partial charge in [0.2, 0.25) is 5.75 Å². The van der Waals surface area contributed by atoms with E-state index in [1.54, 1.807) is 18.2 Å². The zero-order chi connectivity index (χ0) is 20.7. The Morgan fingerprint density at radius 3 is 2.36 bits per heavy atom. The highest BCUT2D eigenvalue weighted by Gasteiger charge is 2.32. The van der Waals surface area contributed by atoms with E-state index in [2.05, 4.69) is 0 Å². The average Bonchev–Trinajstić information content (AvgIpc) is 2.96. The molecule has 0 bridgehead atoms. The summed E-state index contributed by atoms with van der Waals surface area (Å²) in [6.45, 7) is 2.49. The number of methoxy groups -OCH3 is 3. The molecule has 0 spiro atoms. The maximum Gasteiger partial charge on any atom is 0.307 e. The summed E-state index contributed by atoms with van der Waals surface area (Å²) in [5.41, 5.74) is 0.706. The summed E-state index contributed by atoms with van der Waals surface area (Å²) in [4.78, 5) is 26.2. The highest BCUT2D eigenvalue weighted by Crippen LogP contribution is 2.40. The zero-order valence-corrected chi connectivity index (χ0v) is 17.9. The van der Waals surface area contributed by atoms with Gasteiger partial charge in [-0.3, -0.25) is 14.5 Å². The molecule has 152 valence electrons. The topological polar surface area (TPSA) is 74.3 Å². The van der Waals surface area contributed by atoms with E-state index in [-0.39, 0.29) is 24.8 Å². The summed E-state index contributed by atoms with van der Waals surface area (Å²) >= 11 is 6.48. The minimum Gasteiger partial charge on any atom is -0.493 e. The van der Waals surface area contributed by atoms with Crippen LogP contribution in [0.3, 0.4) is 0 Å². The van der Waals surface area contributed by atoms with Crippen LogP contribution in [0.25, 0.3) is 6.08 Å². The number of carbonyl (C=O) groups is 2. The van der Waals surface area contributed by atoms with Crippen LogP contribution in [0.1, 0.15) is 25.3 Å². The van der Waals surface area contributed by atoms with E-state index >= 15 is 0 Å². The second-order valence-corrected chi connectivity index (χ2v) is 7.44. The number of nitrogens with zero attached hydrogens (tertiary/aromatic N) is 1. The summed E-state index contributed by atoms with van der Waals surface area (Å²) in [6, 6.07) is 3.49. The van der Waals surface area contributed by atoms with Crippen molar-refractivity contribution < 1.29 is 28.5 Å². The van der Waals surface area contributed by atoms with Gasteiger partial charge in [0, 0.05) is 6.54 Å². The molecule has 9 heteroatoms. The normalized spacial score (nSPS) is 15.1. The Kier molecular flexibility index (Phi) is 8.13. The van der Waals surface area contributed by atoms with Gasteiger partial charge in [0.1, 0.15) is 4.32 Å². The molecule has 1 heterocycles. The number of thiocarbonyl (C=S) groups is 1. The summed E-state index contributed by atoms with van der Waals surface area (Å²) in [5.74, 6) is 0.862. The van der Waals surface area contributed by atoms with Crippen LogP contribution in [-0.2, 0) is 14.3 Å². The maximum atomic E-state index is 12.7. The molecule has 0 aliphatic carbocycles. The predicted molar refractivity (Wildman–Crippen MR) is 112 cm³/mol. The molecule has 7 nitrogen and oxygen atoms in total. The van der Waals surface area contributed by atoms with Gasteiger partial charge in [-0.1, -0.05) is 30.9 Å². The van der Waals surface area contributed by atoms with Crippen molar-refractivity contribution in [1.29, 1.82) is 0 Å². The quantitative estimate of drug-likeness (QED) is 0.339. The molecule has 1 saturated heterocycles. The first kappa shape index (κ1) is 22.0. The summed E-state index contributed by atoms with van der Waals surface area (Å²) in [7, 11) is 4.58. The van der Waals surface area contributed by atoms with Gasteiger partial charge in [-0.05, 0) is 30.2 Å². The molecule has 28 heavy (non-hydrogen) atoms. The number of hydrogen-bond acceptors (Lipinski definition) is 8. The molecule has 1 fully saturated rings. The molecular formula is C19H23NO6S2.